The molecule has 1 aliphatic heterocycles. The Morgan fingerprint density at radius 1 is 0.894 bits per heavy atom. The molecule has 0 radical (unpaired) electrons. The predicted octanol–water partition coefficient (Wildman–Crippen LogP) is 7.28. The zero-order valence-corrected chi connectivity index (χ0v) is 27.6. The van der Waals surface area contributed by atoms with Gasteiger partial charge in [-0.1, -0.05) is 66.7 Å². The van der Waals surface area contributed by atoms with Crippen molar-refractivity contribution >= 4 is 6.03 Å². The second-order valence-electron chi connectivity index (χ2n) is 14.7. The molecule has 248 valence electrons. The number of likely N-dealkylation sites (N-methyl/N-ethyl adjacent to an activating group) is 1. The molecule has 3 aromatic carbocycles. The van der Waals surface area contributed by atoms with Crippen molar-refractivity contribution in [1.29, 1.82) is 0 Å². The normalized spacial score (nSPS) is 29.5. The first kappa shape index (κ1) is 32.1. The lowest BCUT2D eigenvalue weighted by atomic mass is 9.53. The van der Waals surface area contributed by atoms with Gasteiger partial charge in [0.25, 0.3) is 0 Å². The molecule has 8 rings (SSSR count). The third kappa shape index (κ3) is 7.49. The van der Waals surface area contributed by atoms with Crippen molar-refractivity contribution in [2.75, 3.05) is 20.1 Å². The third-order valence-electron chi connectivity index (χ3n) is 10.9. The van der Waals surface area contributed by atoms with Crippen LogP contribution in [-0.2, 0) is 22.6 Å². The molecule has 3 aromatic rings. The Bertz CT molecular complexity index is 1520. The van der Waals surface area contributed by atoms with E-state index in [1.165, 1.54) is 19.3 Å². The number of aliphatic hydroxyl groups is 1. The number of aliphatic hydroxyl groups excluding tert-OH is 1. The van der Waals surface area contributed by atoms with E-state index in [1.54, 1.807) is 0 Å². The summed E-state index contributed by atoms with van der Waals surface area (Å²) in [5.41, 5.74) is 6.16. The van der Waals surface area contributed by atoms with E-state index < -0.39 is 6.29 Å². The lowest BCUT2D eigenvalue weighted by Crippen LogP contribution is -2.61. The van der Waals surface area contributed by atoms with Crippen LogP contribution < -0.4 is 10.6 Å². The van der Waals surface area contributed by atoms with E-state index in [0.29, 0.717) is 6.54 Å². The minimum atomic E-state index is -0.522. The zero-order valence-electron chi connectivity index (χ0n) is 27.6. The molecule has 4 saturated carbocycles. The molecule has 2 amide bonds. The van der Waals surface area contributed by atoms with Crippen molar-refractivity contribution in [3.63, 3.8) is 0 Å². The number of nitrogens with zero attached hydrogens (tertiary/aromatic N) is 1. The van der Waals surface area contributed by atoms with Crippen molar-refractivity contribution in [3.05, 3.63) is 108 Å². The highest BCUT2D eigenvalue weighted by molar-refractivity contribution is 5.75. The van der Waals surface area contributed by atoms with Gasteiger partial charge in [-0.2, -0.15) is 0 Å². The quantitative estimate of drug-likeness (QED) is 0.193. The largest absolute Gasteiger partial charge is 0.392 e. The highest BCUT2D eigenvalue weighted by Gasteiger charge is 2.51. The molecular weight excluding hydrogens is 586 g/mol. The van der Waals surface area contributed by atoms with Crippen LogP contribution in [0.5, 0.6) is 0 Å². The minimum absolute atomic E-state index is 0.00630. The minimum Gasteiger partial charge on any atom is -0.392 e. The average molecular weight is 636 g/mol. The summed E-state index contributed by atoms with van der Waals surface area (Å²) < 4.78 is 13.2. The van der Waals surface area contributed by atoms with E-state index in [4.69, 9.17) is 9.47 Å². The number of carbonyl (C=O) groups is 1. The summed E-state index contributed by atoms with van der Waals surface area (Å²) in [6.07, 6.45) is 9.50. The van der Waals surface area contributed by atoms with Crippen LogP contribution in [0.4, 0.5) is 4.79 Å². The number of amides is 2. The molecule has 3 atom stereocenters. The molecule has 5 fully saturated rings. The fourth-order valence-electron chi connectivity index (χ4n) is 9.13. The lowest BCUT2D eigenvalue weighted by Gasteiger charge is -2.56. The Morgan fingerprint density at radius 3 is 2.26 bits per heavy atom. The molecular formula is C40H49N3O4. The van der Waals surface area contributed by atoms with Crippen molar-refractivity contribution in [3.8, 4) is 11.1 Å². The van der Waals surface area contributed by atoms with E-state index in [2.05, 4.69) is 77.7 Å². The Morgan fingerprint density at radius 2 is 1.57 bits per heavy atom. The van der Waals surface area contributed by atoms with E-state index in [1.807, 2.05) is 30.3 Å². The Labute approximate surface area is 279 Å². The molecule has 47 heavy (non-hydrogen) atoms. The second-order valence-corrected chi connectivity index (χ2v) is 14.7. The summed E-state index contributed by atoms with van der Waals surface area (Å²) in [6, 6.07) is 24.7. The summed E-state index contributed by atoms with van der Waals surface area (Å²) in [5.74, 6) is 2.39. The van der Waals surface area contributed by atoms with E-state index >= 15 is 0 Å². The summed E-state index contributed by atoms with van der Waals surface area (Å²) in [4.78, 5) is 15.3. The molecule has 1 heterocycles. The van der Waals surface area contributed by atoms with Gasteiger partial charge in [-0.05, 0) is 103 Å². The summed E-state index contributed by atoms with van der Waals surface area (Å²) in [5, 5.41) is 16.1. The Hall–Kier alpha value is -3.49. The maximum Gasteiger partial charge on any atom is 0.315 e. The molecule has 0 spiro atoms. The van der Waals surface area contributed by atoms with Crippen LogP contribution in [0.1, 0.15) is 79.6 Å². The zero-order chi connectivity index (χ0) is 32.4. The Kier molecular flexibility index (Phi) is 9.51. The SMILES string of the molecule is C=CCN(C)C[C@@H]1C[C@H](c2ccc(CO)cc2)O[C@H](c2cccc(-c3cccc(CNC(=O)NC45CC6CC(CC(C6)C4)C5)c3)c2)O1. The topological polar surface area (TPSA) is 83.1 Å². The smallest absolute Gasteiger partial charge is 0.315 e. The highest BCUT2D eigenvalue weighted by Crippen LogP contribution is 2.55. The van der Waals surface area contributed by atoms with Crippen LogP contribution in [0.2, 0.25) is 0 Å². The van der Waals surface area contributed by atoms with E-state index in [0.717, 1.165) is 89.9 Å². The monoisotopic (exact) mass is 635 g/mol. The van der Waals surface area contributed by atoms with Crippen LogP contribution in [0, 0.1) is 17.8 Å². The maximum absolute atomic E-state index is 13.1. The van der Waals surface area contributed by atoms with Gasteiger partial charge in [-0.25, -0.2) is 4.79 Å². The Balaban J connectivity index is 1.03. The highest BCUT2D eigenvalue weighted by atomic mass is 16.7. The first-order chi connectivity index (χ1) is 22.9. The maximum atomic E-state index is 13.1. The van der Waals surface area contributed by atoms with E-state index in [-0.39, 0.29) is 30.4 Å². The van der Waals surface area contributed by atoms with Crippen LogP contribution in [0.15, 0.2) is 85.5 Å². The molecule has 5 aliphatic rings. The number of urea groups is 1. The van der Waals surface area contributed by atoms with Crippen LogP contribution in [0.25, 0.3) is 11.1 Å². The number of ether oxygens (including phenoxy) is 2. The van der Waals surface area contributed by atoms with Crippen LogP contribution in [0.3, 0.4) is 0 Å². The predicted molar refractivity (Wildman–Crippen MR) is 184 cm³/mol. The van der Waals surface area contributed by atoms with Crippen LogP contribution >= 0.6 is 0 Å². The van der Waals surface area contributed by atoms with Crippen molar-refractivity contribution in [2.45, 2.75) is 82.1 Å². The second kappa shape index (κ2) is 13.9. The van der Waals surface area contributed by atoms with E-state index in [9.17, 15) is 9.90 Å². The molecule has 1 saturated heterocycles. The first-order valence-electron chi connectivity index (χ1n) is 17.4. The van der Waals surface area contributed by atoms with Crippen molar-refractivity contribution in [1.82, 2.24) is 15.5 Å². The van der Waals surface area contributed by atoms with Gasteiger partial charge in [0.2, 0.25) is 0 Å². The van der Waals surface area contributed by atoms with Gasteiger partial charge in [0.15, 0.2) is 6.29 Å². The number of nitrogens with one attached hydrogen (secondary N) is 2. The fraction of sp³-hybridized carbons (Fsp3) is 0.475. The molecule has 4 bridgehead atoms. The van der Waals surface area contributed by atoms with Gasteiger partial charge in [-0.3, -0.25) is 0 Å². The lowest BCUT2D eigenvalue weighted by molar-refractivity contribution is -0.252. The molecule has 7 heteroatoms. The van der Waals surface area contributed by atoms with Gasteiger partial charge < -0.3 is 30.1 Å². The number of carbonyl (C=O) groups excluding carboxylic acids is 1. The average Bonchev–Trinajstić information content (AvgIpc) is 3.07. The number of rotatable bonds is 11. The molecule has 7 nitrogen and oxygen atoms in total. The fourth-order valence-corrected chi connectivity index (χ4v) is 9.13. The molecule has 4 aliphatic carbocycles. The van der Waals surface area contributed by atoms with Gasteiger partial charge in [0.05, 0.1) is 18.8 Å². The number of hydrogen-bond donors (Lipinski definition) is 3. The van der Waals surface area contributed by atoms with Crippen molar-refractivity contribution in [2.24, 2.45) is 17.8 Å². The first-order valence-corrected chi connectivity index (χ1v) is 17.4. The summed E-state index contributed by atoms with van der Waals surface area (Å²) in [7, 11) is 2.08. The summed E-state index contributed by atoms with van der Waals surface area (Å²) in [6.45, 7) is 5.94. The van der Waals surface area contributed by atoms with Crippen molar-refractivity contribution < 1.29 is 19.4 Å². The van der Waals surface area contributed by atoms with Gasteiger partial charge in [0.1, 0.15) is 0 Å². The molecule has 3 N–H and O–H groups in total. The third-order valence-corrected chi connectivity index (χ3v) is 10.9. The summed E-state index contributed by atoms with van der Waals surface area (Å²) >= 11 is 0. The van der Waals surface area contributed by atoms with Gasteiger partial charge in [0, 0.05) is 37.2 Å². The number of hydrogen-bond acceptors (Lipinski definition) is 5. The number of benzene rings is 3. The standard InChI is InChI=1S/C40H49N3O4/c1-3-14-43(2)25-36-20-37(32-12-10-27(26-44)11-13-32)47-38(46-36)35-9-5-8-34(19-35)33-7-4-6-28(18-33)24-41-39(45)42-40-21-29-15-30(22-40)17-31(16-29)23-40/h3-13,18-19,29-31,36-38,44H,1,14-17,20-26H2,2H3,(H2,41,42,45)/t29?,30?,31?,36-,37+,38+,40?/m0/s1. The molecule has 0 aromatic heterocycles. The van der Waals surface area contributed by atoms with Crippen LogP contribution in [-0.4, -0.2) is 47.8 Å². The molecule has 0 unspecified atom stereocenters. The van der Waals surface area contributed by atoms with Gasteiger partial charge >= 0.3 is 6.03 Å². The van der Waals surface area contributed by atoms with Gasteiger partial charge in [-0.15, -0.1) is 6.58 Å².